The fraction of sp³-hybridized carbons (Fsp3) is 0.500. The summed E-state index contributed by atoms with van der Waals surface area (Å²) in [6.45, 7) is 4.28. The number of carbonyl (C=O) groups is 1. The van der Waals surface area contributed by atoms with E-state index in [0.717, 1.165) is 55.1 Å². The molecule has 3 heterocycles. The number of benzene rings is 1. The number of methoxy groups -OCH3 is 2. The Kier molecular flexibility index (Phi) is 3.51. The quantitative estimate of drug-likeness (QED) is 0.657. The molecule has 0 amide bonds. The molecular formula is C22H26N2O3. The number of rotatable bonds is 3. The Morgan fingerprint density at radius 2 is 2.22 bits per heavy atom. The van der Waals surface area contributed by atoms with Gasteiger partial charge in [0, 0.05) is 42.0 Å². The van der Waals surface area contributed by atoms with E-state index in [1.807, 2.05) is 6.07 Å². The van der Waals surface area contributed by atoms with E-state index >= 15 is 0 Å². The highest BCUT2D eigenvalue weighted by Gasteiger charge is 2.65. The van der Waals surface area contributed by atoms with Crippen LogP contribution < -0.4 is 10.1 Å². The Balaban J connectivity index is 1.80. The summed E-state index contributed by atoms with van der Waals surface area (Å²) in [4.78, 5) is 15.4. The predicted molar refractivity (Wildman–Crippen MR) is 104 cm³/mol. The third-order valence-electron chi connectivity index (χ3n) is 7.27. The molecule has 3 atom stereocenters. The molecule has 0 bridgehead atoms. The highest BCUT2D eigenvalue weighted by molar-refractivity contribution is 5.93. The van der Waals surface area contributed by atoms with Crippen LogP contribution in [0, 0.1) is 5.41 Å². The number of nitrogens with one attached hydrogen (secondary N) is 1. The predicted octanol–water partition coefficient (Wildman–Crippen LogP) is 3.23. The number of anilines is 1. The fourth-order valence-corrected chi connectivity index (χ4v) is 6.18. The summed E-state index contributed by atoms with van der Waals surface area (Å²) < 4.78 is 10.7. The zero-order valence-corrected chi connectivity index (χ0v) is 16.2. The van der Waals surface area contributed by atoms with Crippen molar-refractivity contribution in [3.63, 3.8) is 0 Å². The van der Waals surface area contributed by atoms with Gasteiger partial charge in [0.15, 0.2) is 0 Å². The number of fused-ring (bicyclic) bond motifs is 1. The van der Waals surface area contributed by atoms with Crippen molar-refractivity contribution in [3.8, 4) is 5.75 Å². The Morgan fingerprint density at radius 3 is 2.96 bits per heavy atom. The molecule has 27 heavy (non-hydrogen) atoms. The van der Waals surface area contributed by atoms with Gasteiger partial charge in [0.2, 0.25) is 0 Å². The van der Waals surface area contributed by atoms with Gasteiger partial charge in [0.25, 0.3) is 0 Å². The average molecular weight is 366 g/mol. The topological polar surface area (TPSA) is 50.8 Å². The average Bonchev–Trinajstić information content (AvgIpc) is 3.26. The summed E-state index contributed by atoms with van der Waals surface area (Å²) in [5, 5.41) is 3.62. The number of esters is 1. The van der Waals surface area contributed by atoms with Gasteiger partial charge in [-0.05, 0) is 30.9 Å². The van der Waals surface area contributed by atoms with Gasteiger partial charge in [0.05, 0.1) is 25.2 Å². The first-order valence-electron chi connectivity index (χ1n) is 9.79. The lowest BCUT2D eigenvalue weighted by atomic mass is 9.55. The lowest BCUT2D eigenvalue weighted by molar-refractivity contribution is -0.137. The molecule has 1 fully saturated rings. The Morgan fingerprint density at radius 1 is 1.37 bits per heavy atom. The molecule has 5 heteroatoms. The third kappa shape index (κ3) is 1.95. The molecule has 1 aromatic carbocycles. The molecule has 4 aliphatic rings. The summed E-state index contributed by atoms with van der Waals surface area (Å²) in [5.41, 5.74) is 4.01. The van der Waals surface area contributed by atoms with Gasteiger partial charge in [-0.1, -0.05) is 25.1 Å². The zero-order valence-electron chi connectivity index (χ0n) is 16.2. The summed E-state index contributed by atoms with van der Waals surface area (Å²) in [6, 6.07) is 6.65. The van der Waals surface area contributed by atoms with Crippen molar-refractivity contribution in [2.45, 2.75) is 37.6 Å². The van der Waals surface area contributed by atoms with Crippen LogP contribution in [0.25, 0.3) is 0 Å². The van der Waals surface area contributed by atoms with Crippen molar-refractivity contribution >= 4 is 11.7 Å². The molecule has 1 aliphatic carbocycles. The highest BCUT2D eigenvalue weighted by Crippen LogP contribution is 2.64. The van der Waals surface area contributed by atoms with Crippen LogP contribution in [0.1, 0.15) is 31.7 Å². The summed E-state index contributed by atoms with van der Waals surface area (Å²) in [7, 11) is 3.17. The first-order chi connectivity index (χ1) is 13.1. The van der Waals surface area contributed by atoms with Crippen molar-refractivity contribution in [1.29, 1.82) is 0 Å². The van der Waals surface area contributed by atoms with Crippen molar-refractivity contribution in [3.05, 3.63) is 47.2 Å². The SMILES string of the molecule is CCC12C=CCN3CCC4(C(=C(C(=O)OC)C1)Nc1cc(OC)ccc14)C32. The molecule has 1 saturated heterocycles. The van der Waals surface area contributed by atoms with Gasteiger partial charge in [-0.15, -0.1) is 0 Å². The lowest BCUT2D eigenvalue weighted by Crippen LogP contribution is -2.58. The number of hydrogen-bond donors (Lipinski definition) is 1. The Hall–Kier alpha value is -2.27. The second kappa shape index (κ2) is 5.61. The molecule has 1 N–H and O–H groups in total. The normalized spacial score (nSPS) is 33.2. The van der Waals surface area contributed by atoms with Crippen LogP contribution in [-0.4, -0.2) is 44.2 Å². The van der Waals surface area contributed by atoms with E-state index in [0.29, 0.717) is 6.04 Å². The molecule has 0 radical (unpaired) electrons. The molecule has 5 nitrogen and oxygen atoms in total. The van der Waals surface area contributed by atoms with Gasteiger partial charge < -0.3 is 14.8 Å². The third-order valence-corrected chi connectivity index (χ3v) is 7.27. The molecule has 0 aromatic heterocycles. The standard InChI is InChI=1S/C22H26N2O3/c1-4-21-8-5-10-24-11-9-22(20(21)24)16-7-6-14(26-2)12-17(16)23-18(22)15(13-21)19(25)27-3/h5-8,12,20,23H,4,9-11,13H2,1-3H3. The van der Waals surface area contributed by atoms with Crippen LogP contribution in [0.5, 0.6) is 5.75 Å². The van der Waals surface area contributed by atoms with Crippen LogP contribution >= 0.6 is 0 Å². The van der Waals surface area contributed by atoms with Crippen LogP contribution in [-0.2, 0) is 14.9 Å². The first-order valence-corrected chi connectivity index (χ1v) is 9.79. The second-order valence-corrected chi connectivity index (χ2v) is 8.17. The summed E-state index contributed by atoms with van der Waals surface area (Å²) in [6.07, 6.45) is 7.41. The molecule has 5 rings (SSSR count). The van der Waals surface area contributed by atoms with Crippen LogP contribution in [0.15, 0.2) is 41.6 Å². The second-order valence-electron chi connectivity index (χ2n) is 8.17. The van der Waals surface area contributed by atoms with E-state index in [1.165, 1.54) is 12.7 Å². The van der Waals surface area contributed by atoms with E-state index in [4.69, 9.17) is 9.47 Å². The van der Waals surface area contributed by atoms with E-state index < -0.39 is 0 Å². The monoisotopic (exact) mass is 366 g/mol. The molecule has 0 saturated carbocycles. The highest BCUT2D eigenvalue weighted by atomic mass is 16.5. The van der Waals surface area contributed by atoms with E-state index in [-0.39, 0.29) is 16.8 Å². The fourth-order valence-electron chi connectivity index (χ4n) is 6.18. The Labute approximate surface area is 160 Å². The molecule has 3 aliphatic heterocycles. The van der Waals surface area contributed by atoms with Gasteiger partial charge in [-0.25, -0.2) is 4.79 Å². The van der Waals surface area contributed by atoms with E-state index in [9.17, 15) is 4.79 Å². The minimum atomic E-state index is -0.208. The number of ether oxygens (including phenoxy) is 2. The maximum Gasteiger partial charge on any atom is 0.335 e. The van der Waals surface area contributed by atoms with Gasteiger partial charge >= 0.3 is 5.97 Å². The molecule has 1 aromatic rings. The van der Waals surface area contributed by atoms with Gasteiger partial charge in [-0.3, -0.25) is 4.90 Å². The largest absolute Gasteiger partial charge is 0.497 e. The number of nitrogens with zero attached hydrogens (tertiary/aromatic N) is 1. The van der Waals surface area contributed by atoms with E-state index in [1.54, 1.807) is 7.11 Å². The van der Waals surface area contributed by atoms with Gasteiger partial charge in [0.1, 0.15) is 5.75 Å². The van der Waals surface area contributed by atoms with Crippen molar-refractivity contribution in [1.82, 2.24) is 4.90 Å². The zero-order chi connectivity index (χ0) is 18.8. The minimum absolute atomic E-state index is 0.0367. The minimum Gasteiger partial charge on any atom is -0.497 e. The first kappa shape index (κ1) is 16.9. The summed E-state index contributed by atoms with van der Waals surface area (Å²) in [5.74, 6) is 0.622. The van der Waals surface area contributed by atoms with Crippen molar-refractivity contribution in [2.75, 3.05) is 32.6 Å². The van der Waals surface area contributed by atoms with Crippen LogP contribution in [0.2, 0.25) is 0 Å². The van der Waals surface area contributed by atoms with Crippen LogP contribution in [0.4, 0.5) is 5.69 Å². The Bertz CT molecular complexity index is 890. The van der Waals surface area contributed by atoms with Crippen LogP contribution in [0.3, 0.4) is 0 Å². The van der Waals surface area contributed by atoms with Crippen molar-refractivity contribution in [2.24, 2.45) is 5.41 Å². The maximum absolute atomic E-state index is 12.8. The van der Waals surface area contributed by atoms with Crippen molar-refractivity contribution < 1.29 is 14.3 Å². The van der Waals surface area contributed by atoms with Gasteiger partial charge in [-0.2, -0.15) is 0 Å². The maximum atomic E-state index is 12.8. The lowest BCUT2D eigenvalue weighted by Gasteiger charge is -2.53. The van der Waals surface area contributed by atoms with E-state index in [2.05, 4.69) is 41.4 Å². The molecular weight excluding hydrogens is 340 g/mol. The molecule has 3 unspecified atom stereocenters. The smallest absolute Gasteiger partial charge is 0.335 e. The molecule has 1 spiro atoms. The molecule has 142 valence electrons. The number of hydrogen-bond acceptors (Lipinski definition) is 5. The summed E-state index contributed by atoms with van der Waals surface area (Å²) >= 11 is 0. The number of carbonyl (C=O) groups excluding carboxylic acids is 1.